The predicted octanol–water partition coefficient (Wildman–Crippen LogP) is 1.95. The highest BCUT2D eigenvalue weighted by Gasteiger charge is 2.19. The van der Waals surface area contributed by atoms with Crippen LogP contribution in [0.4, 0.5) is 5.69 Å². The lowest BCUT2D eigenvalue weighted by Crippen LogP contribution is -2.15. The van der Waals surface area contributed by atoms with Crippen molar-refractivity contribution in [3.05, 3.63) is 41.1 Å². The Morgan fingerprint density at radius 2 is 2.00 bits per heavy atom. The fourth-order valence-electron chi connectivity index (χ4n) is 1.74. The fraction of sp³-hybridized carbons (Fsp3) is 0.154. The molecule has 0 unspecified atom stereocenters. The van der Waals surface area contributed by atoms with Crippen LogP contribution in [0.3, 0.4) is 0 Å². The first-order chi connectivity index (χ1) is 9.38. The van der Waals surface area contributed by atoms with Gasteiger partial charge in [-0.05, 0) is 25.1 Å². The molecule has 0 atom stereocenters. The highest BCUT2D eigenvalue weighted by atomic mass is 16.4. The lowest BCUT2D eigenvalue weighted by atomic mass is 10.1. The Kier molecular flexibility index (Phi) is 3.43. The van der Waals surface area contributed by atoms with Gasteiger partial charge in [0.2, 0.25) is 5.76 Å². The number of carbonyl (C=O) groups excluding carboxylic acids is 1. The number of phenolic OH excluding ortho intramolecular Hbond substituents is 1. The highest BCUT2D eigenvalue weighted by molar-refractivity contribution is 6.06. The van der Waals surface area contributed by atoms with Crippen LogP contribution in [0.2, 0.25) is 0 Å². The first kappa shape index (κ1) is 13.6. The van der Waals surface area contributed by atoms with E-state index in [2.05, 4.69) is 10.3 Å². The summed E-state index contributed by atoms with van der Waals surface area (Å²) in [6.45, 7) is 3.22. The average molecular weight is 276 g/mol. The van der Waals surface area contributed by atoms with Crippen molar-refractivity contribution in [2.75, 3.05) is 5.32 Å². The average Bonchev–Trinajstić information content (AvgIpc) is 2.70. The van der Waals surface area contributed by atoms with Crippen molar-refractivity contribution in [3.8, 4) is 5.75 Å². The van der Waals surface area contributed by atoms with Crippen LogP contribution in [0.1, 0.15) is 32.5 Å². The Hall–Kier alpha value is -2.83. The van der Waals surface area contributed by atoms with Crippen LogP contribution >= 0.6 is 0 Å². The zero-order chi connectivity index (χ0) is 14.9. The van der Waals surface area contributed by atoms with Gasteiger partial charge in [-0.2, -0.15) is 0 Å². The highest BCUT2D eigenvalue weighted by Crippen LogP contribution is 2.22. The van der Waals surface area contributed by atoms with Crippen molar-refractivity contribution in [1.82, 2.24) is 4.98 Å². The number of nitrogens with one attached hydrogen (secondary N) is 1. The Morgan fingerprint density at radius 3 is 2.55 bits per heavy atom. The number of hydrogen-bond acceptors (Lipinski definition) is 5. The molecule has 7 nitrogen and oxygen atoms in total. The molecule has 0 saturated heterocycles. The van der Waals surface area contributed by atoms with E-state index < -0.39 is 11.9 Å². The summed E-state index contributed by atoms with van der Waals surface area (Å²) in [4.78, 5) is 27.0. The molecule has 0 aliphatic carbocycles. The van der Waals surface area contributed by atoms with Crippen LogP contribution in [0.25, 0.3) is 0 Å². The summed E-state index contributed by atoms with van der Waals surface area (Å²) in [6.07, 6.45) is 0. The van der Waals surface area contributed by atoms with Crippen molar-refractivity contribution in [1.29, 1.82) is 0 Å². The number of carbonyl (C=O) groups is 2. The first-order valence-corrected chi connectivity index (χ1v) is 5.70. The van der Waals surface area contributed by atoms with Crippen LogP contribution in [-0.4, -0.2) is 27.1 Å². The number of aromatic nitrogens is 1. The molecule has 7 heteroatoms. The minimum absolute atomic E-state index is 0.0203. The number of carboxylic acid groups (broad SMARTS) is 1. The van der Waals surface area contributed by atoms with Gasteiger partial charge in [-0.25, -0.2) is 9.78 Å². The summed E-state index contributed by atoms with van der Waals surface area (Å²) in [5.41, 5.74) is 0.261. The molecule has 3 N–H and O–H groups in total. The second kappa shape index (κ2) is 5.04. The molecule has 0 aliphatic rings. The SMILES string of the molecule is Cc1nc(C)c(C(=O)Nc2ccc(O)cc2C(=O)O)o1. The molecule has 104 valence electrons. The Balaban J connectivity index is 2.33. The summed E-state index contributed by atoms with van der Waals surface area (Å²) in [7, 11) is 0. The monoisotopic (exact) mass is 276 g/mol. The molecule has 2 aromatic rings. The zero-order valence-electron chi connectivity index (χ0n) is 10.8. The van der Waals surface area contributed by atoms with Crippen LogP contribution in [0.5, 0.6) is 5.75 Å². The van der Waals surface area contributed by atoms with E-state index in [0.717, 1.165) is 6.07 Å². The summed E-state index contributed by atoms with van der Waals surface area (Å²) in [5, 5.41) is 20.7. The van der Waals surface area contributed by atoms with Gasteiger partial charge in [-0.3, -0.25) is 4.79 Å². The van der Waals surface area contributed by atoms with Crippen LogP contribution in [0.15, 0.2) is 22.6 Å². The Bertz CT molecular complexity index is 690. The fourth-order valence-corrected chi connectivity index (χ4v) is 1.74. The van der Waals surface area contributed by atoms with Gasteiger partial charge in [0, 0.05) is 6.92 Å². The largest absolute Gasteiger partial charge is 0.508 e. The lowest BCUT2D eigenvalue weighted by Gasteiger charge is -2.07. The third-order valence-electron chi connectivity index (χ3n) is 2.59. The van der Waals surface area contributed by atoms with Gasteiger partial charge < -0.3 is 19.9 Å². The number of rotatable bonds is 3. The third kappa shape index (κ3) is 2.61. The van der Waals surface area contributed by atoms with Crippen molar-refractivity contribution in [3.63, 3.8) is 0 Å². The molecule has 0 bridgehead atoms. The molecule has 0 aliphatic heterocycles. The number of amides is 1. The molecular weight excluding hydrogens is 264 g/mol. The molecule has 0 saturated carbocycles. The molecule has 2 rings (SSSR count). The molecule has 1 amide bonds. The lowest BCUT2D eigenvalue weighted by molar-refractivity contribution is 0.0697. The zero-order valence-corrected chi connectivity index (χ0v) is 10.8. The second-order valence-electron chi connectivity index (χ2n) is 4.14. The molecule has 0 radical (unpaired) electrons. The number of oxazole rings is 1. The van der Waals surface area contributed by atoms with E-state index in [-0.39, 0.29) is 22.8 Å². The number of benzene rings is 1. The first-order valence-electron chi connectivity index (χ1n) is 5.70. The van der Waals surface area contributed by atoms with E-state index in [1.807, 2.05) is 0 Å². The molecule has 20 heavy (non-hydrogen) atoms. The summed E-state index contributed by atoms with van der Waals surface area (Å²) in [6, 6.07) is 3.63. The number of nitrogens with zero attached hydrogens (tertiary/aromatic N) is 1. The van der Waals surface area contributed by atoms with Gasteiger partial charge in [0.15, 0.2) is 5.89 Å². The maximum Gasteiger partial charge on any atom is 0.337 e. The van der Waals surface area contributed by atoms with E-state index in [0.29, 0.717) is 11.6 Å². The standard InChI is InChI=1S/C13H12N2O5/c1-6-11(20-7(2)14-6)12(17)15-10-4-3-8(16)5-9(10)13(18)19/h3-5,16H,1-2H3,(H,15,17)(H,18,19). The van der Waals surface area contributed by atoms with Gasteiger partial charge >= 0.3 is 5.97 Å². The van der Waals surface area contributed by atoms with Gasteiger partial charge in [-0.15, -0.1) is 0 Å². The number of hydrogen-bond donors (Lipinski definition) is 3. The topological polar surface area (TPSA) is 113 Å². The summed E-state index contributed by atoms with van der Waals surface area (Å²) in [5.74, 6) is -1.70. The summed E-state index contributed by atoms with van der Waals surface area (Å²) >= 11 is 0. The molecular formula is C13H12N2O5. The van der Waals surface area contributed by atoms with Gasteiger partial charge in [0.25, 0.3) is 5.91 Å². The van der Waals surface area contributed by atoms with Crippen molar-refractivity contribution < 1.29 is 24.2 Å². The minimum atomic E-state index is -1.26. The van der Waals surface area contributed by atoms with Crippen molar-refractivity contribution >= 4 is 17.6 Å². The third-order valence-corrected chi connectivity index (χ3v) is 2.59. The van der Waals surface area contributed by atoms with Crippen molar-refractivity contribution in [2.45, 2.75) is 13.8 Å². The molecule has 0 spiro atoms. The molecule has 0 fully saturated rings. The predicted molar refractivity (Wildman–Crippen MR) is 69.0 cm³/mol. The smallest absolute Gasteiger partial charge is 0.337 e. The van der Waals surface area contributed by atoms with E-state index in [1.165, 1.54) is 12.1 Å². The van der Waals surface area contributed by atoms with Crippen molar-refractivity contribution in [2.24, 2.45) is 0 Å². The Labute approximate surface area is 113 Å². The maximum atomic E-state index is 12.0. The Morgan fingerprint density at radius 1 is 1.30 bits per heavy atom. The molecule has 1 aromatic heterocycles. The second-order valence-corrected chi connectivity index (χ2v) is 4.14. The summed E-state index contributed by atoms with van der Waals surface area (Å²) < 4.78 is 5.15. The van der Waals surface area contributed by atoms with Gasteiger partial charge in [-0.1, -0.05) is 0 Å². The number of aromatic carboxylic acids is 1. The number of aromatic hydroxyl groups is 1. The number of carboxylic acids is 1. The van der Waals surface area contributed by atoms with Gasteiger partial charge in [0.1, 0.15) is 5.75 Å². The number of anilines is 1. The minimum Gasteiger partial charge on any atom is -0.508 e. The van der Waals surface area contributed by atoms with Crippen LogP contribution in [-0.2, 0) is 0 Å². The number of phenols is 1. The quantitative estimate of drug-likeness (QED) is 0.738. The molecule has 1 aromatic carbocycles. The van der Waals surface area contributed by atoms with Crippen LogP contribution < -0.4 is 5.32 Å². The molecule has 1 heterocycles. The number of aryl methyl sites for hydroxylation is 2. The maximum absolute atomic E-state index is 12.0. The van der Waals surface area contributed by atoms with E-state index in [9.17, 15) is 14.7 Å². The van der Waals surface area contributed by atoms with E-state index in [4.69, 9.17) is 9.52 Å². The van der Waals surface area contributed by atoms with E-state index in [1.54, 1.807) is 13.8 Å². The van der Waals surface area contributed by atoms with Gasteiger partial charge in [0.05, 0.1) is 16.9 Å². The van der Waals surface area contributed by atoms with E-state index >= 15 is 0 Å². The normalized spacial score (nSPS) is 10.3. The van der Waals surface area contributed by atoms with Crippen LogP contribution in [0, 0.1) is 13.8 Å².